The van der Waals surface area contributed by atoms with E-state index >= 15 is 0 Å². The molecule has 0 aliphatic carbocycles. The summed E-state index contributed by atoms with van der Waals surface area (Å²) in [5, 5.41) is 3.03. The molecule has 1 aromatic carbocycles. The summed E-state index contributed by atoms with van der Waals surface area (Å²) < 4.78 is 13.4. The maximum absolute atomic E-state index is 13.4. The second kappa shape index (κ2) is 4.81. The molecule has 2 unspecified atom stereocenters. The Morgan fingerprint density at radius 3 is 3.00 bits per heavy atom. The van der Waals surface area contributed by atoms with Crippen LogP contribution >= 0.6 is 0 Å². The first kappa shape index (κ1) is 12.4. The Balaban J connectivity index is 1.69. The van der Waals surface area contributed by atoms with Crippen molar-refractivity contribution in [3.63, 3.8) is 0 Å². The van der Waals surface area contributed by atoms with Crippen molar-refractivity contribution in [3.05, 3.63) is 29.6 Å². The number of fused-ring (bicyclic) bond motifs is 1. The highest BCUT2D eigenvalue weighted by atomic mass is 19.1. The van der Waals surface area contributed by atoms with Gasteiger partial charge in [-0.25, -0.2) is 4.39 Å². The van der Waals surface area contributed by atoms with Crippen LogP contribution in [0.25, 0.3) is 0 Å². The van der Waals surface area contributed by atoms with E-state index in [1.807, 2.05) is 0 Å². The highest BCUT2D eigenvalue weighted by molar-refractivity contribution is 5.94. The van der Waals surface area contributed by atoms with Crippen molar-refractivity contribution >= 4 is 11.6 Å². The lowest BCUT2D eigenvalue weighted by Crippen LogP contribution is -2.42. The van der Waals surface area contributed by atoms with Crippen LogP contribution in [0.2, 0.25) is 0 Å². The van der Waals surface area contributed by atoms with Gasteiger partial charge < -0.3 is 11.1 Å². The Hall–Kier alpha value is -1.62. The highest BCUT2D eigenvalue weighted by Crippen LogP contribution is 2.28. The molecule has 0 saturated carbocycles. The van der Waals surface area contributed by atoms with Gasteiger partial charge in [-0.2, -0.15) is 0 Å². The van der Waals surface area contributed by atoms with Gasteiger partial charge in [-0.3, -0.25) is 9.69 Å². The van der Waals surface area contributed by atoms with Crippen LogP contribution in [0, 0.1) is 5.82 Å². The predicted molar refractivity (Wildman–Crippen MR) is 71.3 cm³/mol. The molecule has 0 spiro atoms. The molecule has 2 heterocycles. The first-order chi connectivity index (χ1) is 9.15. The van der Waals surface area contributed by atoms with Crippen LogP contribution in [-0.2, 0) is 0 Å². The molecule has 1 aromatic rings. The number of halogens is 1. The molecule has 4 nitrogen and oxygen atoms in total. The Labute approximate surface area is 111 Å². The second-order valence-electron chi connectivity index (χ2n) is 5.35. The van der Waals surface area contributed by atoms with Gasteiger partial charge in [0.2, 0.25) is 0 Å². The topological polar surface area (TPSA) is 58.4 Å². The lowest BCUT2D eigenvalue weighted by molar-refractivity contribution is 0.0929. The van der Waals surface area contributed by atoms with Crippen LogP contribution in [0.3, 0.4) is 0 Å². The van der Waals surface area contributed by atoms with Gasteiger partial charge in [0.05, 0.1) is 5.69 Å². The molecule has 2 aliphatic heterocycles. The number of nitrogens with two attached hydrogens (primary N) is 1. The molecule has 2 atom stereocenters. The molecule has 2 aliphatic rings. The number of hydrogen-bond donors (Lipinski definition) is 2. The maximum Gasteiger partial charge on any atom is 0.251 e. The van der Waals surface area contributed by atoms with Gasteiger partial charge in [0.1, 0.15) is 5.82 Å². The highest BCUT2D eigenvalue weighted by Gasteiger charge is 2.37. The number of nitrogens with one attached hydrogen (secondary N) is 1. The quantitative estimate of drug-likeness (QED) is 0.792. The summed E-state index contributed by atoms with van der Waals surface area (Å²) in [5.74, 6) is -0.751. The number of nitrogens with zero attached hydrogens (tertiary/aromatic N) is 1. The van der Waals surface area contributed by atoms with Gasteiger partial charge in [0.15, 0.2) is 0 Å². The molecule has 0 aromatic heterocycles. The van der Waals surface area contributed by atoms with Gasteiger partial charge in [-0.05, 0) is 44.0 Å². The van der Waals surface area contributed by atoms with Crippen molar-refractivity contribution in [2.45, 2.75) is 31.3 Å². The van der Waals surface area contributed by atoms with E-state index in [0.29, 0.717) is 11.6 Å². The van der Waals surface area contributed by atoms with Crippen LogP contribution < -0.4 is 11.1 Å². The third-order valence-corrected chi connectivity index (χ3v) is 4.19. The molecule has 102 valence electrons. The number of nitrogen functional groups attached to an aromatic ring is 1. The summed E-state index contributed by atoms with van der Waals surface area (Å²) in [6.07, 6.45) is 3.32. The molecule has 2 fully saturated rings. The van der Waals surface area contributed by atoms with Crippen molar-refractivity contribution in [2.75, 3.05) is 18.8 Å². The van der Waals surface area contributed by atoms with Crippen molar-refractivity contribution in [2.24, 2.45) is 0 Å². The van der Waals surface area contributed by atoms with E-state index < -0.39 is 5.82 Å². The molecule has 0 radical (unpaired) electrons. The fraction of sp³-hybridized carbons (Fsp3) is 0.500. The van der Waals surface area contributed by atoms with E-state index in [9.17, 15) is 9.18 Å². The summed E-state index contributed by atoms with van der Waals surface area (Å²) in [7, 11) is 0. The van der Waals surface area contributed by atoms with Crippen molar-refractivity contribution in [1.82, 2.24) is 10.2 Å². The minimum absolute atomic E-state index is 0.0689. The summed E-state index contributed by atoms with van der Waals surface area (Å²) >= 11 is 0. The predicted octanol–water partition coefficient (Wildman–Crippen LogP) is 1.37. The molecule has 1 amide bonds. The number of carbonyl (C=O) groups is 1. The molecule has 5 heteroatoms. The third kappa shape index (κ3) is 2.30. The lowest BCUT2D eigenvalue weighted by Gasteiger charge is -2.21. The van der Waals surface area contributed by atoms with Crippen molar-refractivity contribution in [3.8, 4) is 0 Å². The van der Waals surface area contributed by atoms with Gasteiger partial charge in [0, 0.05) is 24.2 Å². The van der Waals surface area contributed by atoms with Crippen LogP contribution in [0.1, 0.15) is 29.6 Å². The lowest BCUT2D eigenvalue weighted by atomic mass is 10.1. The van der Waals surface area contributed by atoms with E-state index in [1.165, 1.54) is 18.6 Å². The van der Waals surface area contributed by atoms with Gasteiger partial charge in [-0.15, -0.1) is 0 Å². The van der Waals surface area contributed by atoms with Crippen LogP contribution in [0.4, 0.5) is 10.1 Å². The minimum Gasteiger partial charge on any atom is -0.396 e. The summed E-state index contributed by atoms with van der Waals surface area (Å²) in [6.45, 7) is 2.18. The number of benzene rings is 1. The zero-order chi connectivity index (χ0) is 13.4. The largest absolute Gasteiger partial charge is 0.396 e. The number of amides is 1. The average Bonchev–Trinajstić information content (AvgIpc) is 2.97. The fourth-order valence-electron chi connectivity index (χ4n) is 3.17. The fourth-order valence-corrected chi connectivity index (χ4v) is 3.17. The molecule has 3 rings (SSSR count). The second-order valence-corrected chi connectivity index (χ2v) is 5.35. The van der Waals surface area contributed by atoms with Crippen molar-refractivity contribution in [1.29, 1.82) is 0 Å². The smallest absolute Gasteiger partial charge is 0.251 e. The minimum atomic E-state index is -0.540. The molecule has 2 saturated heterocycles. The third-order valence-electron chi connectivity index (χ3n) is 4.19. The Bertz CT molecular complexity index is 505. The summed E-state index contributed by atoms with van der Waals surface area (Å²) in [6, 6.07) is 4.85. The first-order valence-electron chi connectivity index (χ1n) is 6.75. The molecule has 19 heavy (non-hydrogen) atoms. The monoisotopic (exact) mass is 263 g/mol. The Morgan fingerprint density at radius 1 is 1.37 bits per heavy atom. The normalized spacial score (nSPS) is 26.4. The van der Waals surface area contributed by atoms with Crippen LogP contribution in [-0.4, -0.2) is 36.0 Å². The van der Waals surface area contributed by atoms with E-state index in [1.54, 1.807) is 6.07 Å². The van der Waals surface area contributed by atoms with E-state index in [2.05, 4.69) is 10.2 Å². The molecular formula is C14H18FN3O. The maximum atomic E-state index is 13.4. The number of rotatable bonds is 2. The zero-order valence-corrected chi connectivity index (χ0v) is 10.7. The van der Waals surface area contributed by atoms with Gasteiger partial charge in [0.25, 0.3) is 5.91 Å². The van der Waals surface area contributed by atoms with Crippen molar-refractivity contribution < 1.29 is 9.18 Å². The number of hydrogen-bond acceptors (Lipinski definition) is 3. The zero-order valence-electron chi connectivity index (χ0n) is 10.7. The van der Waals surface area contributed by atoms with Gasteiger partial charge in [-0.1, -0.05) is 0 Å². The van der Waals surface area contributed by atoms with E-state index in [4.69, 9.17) is 5.73 Å². The Kier molecular flexibility index (Phi) is 3.14. The van der Waals surface area contributed by atoms with Crippen LogP contribution in [0.5, 0.6) is 0 Å². The summed E-state index contributed by atoms with van der Waals surface area (Å²) in [5.41, 5.74) is 5.81. The van der Waals surface area contributed by atoms with E-state index in [0.717, 1.165) is 25.9 Å². The standard InChI is InChI=1S/C14H18FN3O/c15-10-8-9(3-4-11(10)16)14(19)17-12-5-7-18-6-1-2-13(12)18/h3-4,8,12-13H,1-2,5-7,16H2,(H,17,19). The number of anilines is 1. The SMILES string of the molecule is Nc1ccc(C(=O)NC2CCN3CCCC23)cc1F. The average molecular weight is 263 g/mol. The van der Waals surface area contributed by atoms with Gasteiger partial charge >= 0.3 is 0 Å². The summed E-state index contributed by atoms with van der Waals surface area (Å²) in [4.78, 5) is 14.5. The molecule has 0 bridgehead atoms. The molecular weight excluding hydrogens is 245 g/mol. The van der Waals surface area contributed by atoms with E-state index in [-0.39, 0.29) is 17.6 Å². The number of carbonyl (C=O) groups excluding carboxylic acids is 1. The molecule has 3 N–H and O–H groups in total. The van der Waals surface area contributed by atoms with Crippen LogP contribution in [0.15, 0.2) is 18.2 Å². The first-order valence-corrected chi connectivity index (χ1v) is 6.75. The Morgan fingerprint density at radius 2 is 2.21 bits per heavy atom.